The highest BCUT2D eigenvalue weighted by molar-refractivity contribution is 5.92. The third-order valence-corrected chi connectivity index (χ3v) is 3.87. The van der Waals surface area contributed by atoms with Crippen molar-refractivity contribution >= 4 is 17.5 Å². The number of rotatable bonds is 6. The van der Waals surface area contributed by atoms with Gasteiger partial charge in [0, 0.05) is 25.0 Å². The van der Waals surface area contributed by atoms with E-state index in [2.05, 4.69) is 15.3 Å². The van der Waals surface area contributed by atoms with E-state index in [4.69, 9.17) is 0 Å². The summed E-state index contributed by atoms with van der Waals surface area (Å²) in [4.78, 5) is 23.0. The van der Waals surface area contributed by atoms with Crippen LogP contribution in [0.15, 0.2) is 66.9 Å². The molecule has 3 rings (SSSR count). The van der Waals surface area contributed by atoms with Gasteiger partial charge in [0.05, 0.1) is 0 Å². The minimum Gasteiger partial charge on any atom is -0.347 e. The molecule has 0 bridgehead atoms. The summed E-state index contributed by atoms with van der Waals surface area (Å²) in [5.41, 5.74) is 2.05. The molecule has 0 aliphatic carbocycles. The van der Waals surface area contributed by atoms with Gasteiger partial charge in [0.1, 0.15) is 11.5 Å². The molecule has 0 saturated carbocycles. The number of hydrogen-bond donors (Lipinski definition) is 1. The first kappa shape index (κ1) is 17.5. The molecule has 0 spiro atoms. The van der Waals surface area contributed by atoms with Crippen LogP contribution in [0.4, 0.5) is 16.0 Å². The van der Waals surface area contributed by atoms with Crippen LogP contribution in [0.2, 0.25) is 0 Å². The summed E-state index contributed by atoms with van der Waals surface area (Å²) in [5, 5.41) is 2.79. The van der Waals surface area contributed by atoms with E-state index in [0.29, 0.717) is 19.0 Å². The molecule has 2 aromatic carbocycles. The monoisotopic (exact) mass is 350 g/mol. The Morgan fingerprint density at radius 1 is 1.08 bits per heavy atom. The molecule has 0 saturated heterocycles. The van der Waals surface area contributed by atoms with E-state index in [1.165, 1.54) is 12.1 Å². The molecule has 1 heterocycles. The maximum absolute atomic E-state index is 12.9. The van der Waals surface area contributed by atoms with Crippen LogP contribution in [-0.2, 0) is 6.54 Å². The van der Waals surface area contributed by atoms with Gasteiger partial charge in [-0.3, -0.25) is 4.79 Å². The number of benzene rings is 2. The van der Waals surface area contributed by atoms with Gasteiger partial charge in [-0.1, -0.05) is 30.3 Å². The Bertz CT molecular complexity index is 868. The normalized spacial score (nSPS) is 10.4. The first-order chi connectivity index (χ1) is 12.7. The van der Waals surface area contributed by atoms with Crippen LogP contribution in [0.25, 0.3) is 0 Å². The molecule has 0 unspecified atom stereocenters. The molecular weight excluding hydrogens is 331 g/mol. The van der Waals surface area contributed by atoms with E-state index in [1.807, 2.05) is 42.2 Å². The highest BCUT2D eigenvalue weighted by Gasteiger charge is 2.13. The Kier molecular flexibility index (Phi) is 5.53. The number of aromatic nitrogens is 2. The SMILES string of the molecule is CCN(c1ccccc1)c1nccc(C(=O)NCc2ccc(F)cc2)n1. The molecule has 132 valence electrons. The molecule has 0 radical (unpaired) electrons. The number of amides is 1. The van der Waals surface area contributed by atoms with E-state index < -0.39 is 0 Å². The fourth-order valence-corrected chi connectivity index (χ4v) is 2.53. The number of hydrogen-bond acceptors (Lipinski definition) is 4. The lowest BCUT2D eigenvalue weighted by molar-refractivity contribution is 0.0946. The molecule has 1 N–H and O–H groups in total. The highest BCUT2D eigenvalue weighted by atomic mass is 19.1. The Balaban J connectivity index is 1.73. The summed E-state index contributed by atoms with van der Waals surface area (Å²) in [6.45, 7) is 2.97. The quantitative estimate of drug-likeness (QED) is 0.736. The number of anilines is 2. The largest absolute Gasteiger partial charge is 0.347 e. The van der Waals surface area contributed by atoms with E-state index in [1.54, 1.807) is 24.4 Å². The number of halogens is 1. The van der Waals surface area contributed by atoms with E-state index in [9.17, 15) is 9.18 Å². The Morgan fingerprint density at radius 3 is 2.50 bits per heavy atom. The van der Waals surface area contributed by atoms with Crippen LogP contribution in [-0.4, -0.2) is 22.4 Å². The summed E-state index contributed by atoms with van der Waals surface area (Å²) < 4.78 is 12.9. The van der Waals surface area contributed by atoms with Crippen LogP contribution in [0.3, 0.4) is 0 Å². The molecule has 3 aromatic rings. The summed E-state index contributed by atoms with van der Waals surface area (Å²) in [6.07, 6.45) is 1.57. The van der Waals surface area contributed by atoms with E-state index in [0.717, 1.165) is 11.3 Å². The van der Waals surface area contributed by atoms with Gasteiger partial charge in [-0.05, 0) is 42.8 Å². The van der Waals surface area contributed by atoms with Crippen LogP contribution >= 0.6 is 0 Å². The molecule has 1 aromatic heterocycles. The van der Waals surface area contributed by atoms with Crippen molar-refractivity contribution in [1.82, 2.24) is 15.3 Å². The third kappa shape index (κ3) is 4.22. The van der Waals surface area contributed by atoms with Gasteiger partial charge in [-0.25, -0.2) is 14.4 Å². The summed E-state index contributed by atoms with van der Waals surface area (Å²) in [7, 11) is 0. The lowest BCUT2D eigenvalue weighted by Gasteiger charge is -2.21. The summed E-state index contributed by atoms with van der Waals surface area (Å²) in [5.74, 6) is -0.142. The van der Waals surface area contributed by atoms with Crippen molar-refractivity contribution in [2.24, 2.45) is 0 Å². The standard InChI is InChI=1S/C20H19FN4O/c1-2-25(17-6-4-3-5-7-17)20-22-13-12-18(24-20)19(26)23-14-15-8-10-16(21)11-9-15/h3-13H,2,14H2,1H3,(H,23,26). The number of nitrogens with zero attached hydrogens (tertiary/aromatic N) is 3. The molecular formula is C20H19FN4O. The van der Waals surface area contributed by atoms with Gasteiger partial charge >= 0.3 is 0 Å². The molecule has 0 fully saturated rings. The lowest BCUT2D eigenvalue weighted by Crippen LogP contribution is -2.25. The minimum absolute atomic E-state index is 0.284. The first-order valence-corrected chi connectivity index (χ1v) is 8.35. The first-order valence-electron chi connectivity index (χ1n) is 8.35. The minimum atomic E-state index is -0.305. The van der Waals surface area contributed by atoms with Crippen molar-refractivity contribution in [2.45, 2.75) is 13.5 Å². The maximum atomic E-state index is 12.9. The number of nitrogens with one attached hydrogen (secondary N) is 1. The van der Waals surface area contributed by atoms with E-state index >= 15 is 0 Å². The summed E-state index contributed by atoms with van der Waals surface area (Å²) in [6, 6.07) is 17.3. The fourth-order valence-electron chi connectivity index (χ4n) is 2.53. The third-order valence-electron chi connectivity index (χ3n) is 3.87. The number of para-hydroxylation sites is 1. The Labute approximate surface area is 151 Å². The second-order valence-electron chi connectivity index (χ2n) is 5.63. The number of carbonyl (C=O) groups is 1. The second kappa shape index (κ2) is 8.20. The van der Waals surface area contributed by atoms with Crippen LogP contribution in [0.1, 0.15) is 23.0 Å². The average molecular weight is 350 g/mol. The predicted octanol–water partition coefficient (Wildman–Crippen LogP) is 3.70. The zero-order valence-corrected chi connectivity index (χ0v) is 14.4. The topological polar surface area (TPSA) is 58.1 Å². The van der Waals surface area contributed by atoms with Gasteiger partial charge in [-0.15, -0.1) is 0 Å². The zero-order valence-electron chi connectivity index (χ0n) is 14.4. The molecule has 1 amide bonds. The van der Waals surface area contributed by atoms with Gasteiger partial charge < -0.3 is 10.2 Å². The van der Waals surface area contributed by atoms with Crippen molar-refractivity contribution in [3.8, 4) is 0 Å². The zero-order chi connectivity index (χ0) is 18.4. The van der Waals surface area contributed by atoms with Crippen LogP contribution in [0, 0.1) is 5.82 Å². The van der Waals surface area contributed by atoms with Crippen molar-refractivity contribution in [3.63, 3.8) is 0 Å². The molecule has 5 nitrogen and oxygen atoms in total. The smallest absolute Gasteiger partial charge is 0.270 e. The van der Waals surface area contributed by atoms with Crippen molar-refractivity contribution in [3.05, 3.63) is 83.9 Å². The summed E-state index contributed by atoms with van der Waals surface area (Å²) >= 11 is 0. The van der Waals surface area contributed by atoms with Crippen LogP contribution < -0.4 is 10.2 Å². The molecule has 0 aliphatic rings. The molecule has 6 heteroatoms. The average Bonchev–Trinajstić information content (AvgIpc) is 2.69. The Morgan fingerprint density at radius 2 is 1.81 bits per heavy atom. The van der Waals surface area contributed by atoms with Gasteiger partial charge in [0.15, 0.2) is 0 Å². The van der Waals surface area contributed by atoms with Crippen LogP contribution in [0.5, 0.6) is 0 Å². The second-order valence-corrected chi connectivity index (χ2v) is 5.63. The molecule has 26 heavy (non-hydrogen) atoms. The van der Waals surface area contributed by atoms with Gasteiger partial charge in [0.25, 0.3) is 5.91 Å². The predicted molar refractivity (Wildman–Crippen MR) is 98.7 cm³/mol. The van der Waals surface area contributed by atoms with Crippen molar-refractivity contribution in [1.29, 1.82) is 0 Å². The van der Waals surface area contributed by atoms with Crippen molar-refractivity contribution in [2.75, 3.05) is 11.4 Å². The number of carbonyl (C=O) groups excluding carboxylic acids is 1. The van der Waals surface area contributed by atoms with Gasteiger partial charge in [-0.2, -0.15) is 0 Å². The molecule has 0 atom stereocenters. The van der Waals surface area contributed by atoms with E-state index in [-0.39, 0.29) is 17.4 Å². The fraction of sp³-hybridized carbons (Fsp3) is 0.150. The molecule has 0 aliphatic heterocycles. The van der Waals surface area contributed by atoms with Gasteiger partial charge in [0.2, 0.25) is 5.95 Å². The highest BCUT2D eigenvalue weighted by Crippen LogP contribution is 2.21. The maximum Gasteiger partial charge on any atom is 0.270 e. The van der Waals surface area contributed by atoms with Crippen molar-refractivity contribution < 1.29 is 9.18 Å². The Hall–Kier alpha value is -3.28. The lowest BCUT2D eigenvalue weighted by atomic mass is 10.2.